The Kier molecular flexibility index (Phi) is 8.04. The Morgan fingerprint density at radius 1 is 1.29 bits per heavy atom. The number of ether oxygens (including phenoxy) is 2. The number of hydrogen-bond donors (Lipinski definition) is 4. The van der Waals surface area contributed by atoms with Gasteiger partial charge in [0.25, 0.3) is 0 Å². The fourth-order valence-electron chi connectivity index (χ4n) is 4.30. The average Bonchev–Trinajstić information content (AvgIpc) is 2.79. The van der Waals surface area contributed by atoms with E-state index < -0.39 is 85.8 Å². The normalized spacial score (nSPS) is 19.2. The van der Waals surface area contributed by atoms with E-state index in [0.717, 1.165) is 18.2 Å². The van der Waals surface area contributed by atoms with Crippen LogP contribution in [0, 0.1) is 25.1 Å². The number of nitrogens with one attached hydrogen (secondary N) is 2. The second-order valence-electron chi connectivity index (χ2n) is 8.78. The van der Waals surface area contributed by atoms with Gasteiger partial charge in [-0.05, 0) is 48.7 Å². The van der Waals surface area contributed by atoms with Gasteiger partial charge in [0.2, 0.25) is 15.9 Å². The van der Waals surface area contributed by atoms with E-state index in [0.29, 0.717) is 11.1 Å². The van der Waals surface area contributed by atoms with Crippen molar-refractivity contribution in [3.05, 3.63) is 57.4 Å². The highest BCUT2D eigenvalue weighted by atomic mass is 35.5. The number of aryl methyl sites for hydroxylation is 1. The third-order valence-electron chi connectivity index (χ3n) is 6.42. The lowest BCUT2D eigenvalue weighted by atomic mass is 9.87. The van der Waals surface area contributed by atoms with Crippen LogP contribution in [0.3, 0.4) is 0 Å². The number of carbonyl (C=O) groups is 1. The molecule has 1 aliphatic rings. The van der Waals surface area contributed by atoms with Crippen molar-refractivity contribution in [2.24, 2.45) is 5.73 Å². The van der Waals surface area contributed by atoms with Gasteiger partial charge in [0.1, 0.15) is 22.5 Å². The molecule has 0 aliphatic carbocycles. The first-order valence-electron chi connectivity index (χ1n) is 11.0. The zero-order chi connectivity index (χ0) is 28.8. The molecule has 3 atom stereocenters. The van der Waals surface area contributed by atoms with Crippen molar-refractivity contribution in [2.45, 2.75) is 55.8 Å². The Hall–Kier alpha value is -2.94. The van der Waals surface area contributed by atoms with Crippen LogP contribution in [-0.2, 0) is 20.4 Å². The summed E-state index contributed by atoms with van der Waals surface area (Å²) in [7, 11) is -4.89. The van der Waals surface area contributed by atoms with Gasteiger partial charge in [-0.3, -0.25) is 5.41 Å². The number of amides is 1. The van der Waals surface area contributed by atoms with Crippen molar-refractivity contribution >= 4 is 33.6 Å². The summed E-state index contributed by atoms with van der Waals surface area (Å²) < 4.78 is 95.1. The maximum Gasteiger partial charge on any atom is 0.421 e. The lowest BCUT2D eigenvalue weighted by molar-refractivity contribution is -0.274. The fourth-order valence-corrected chi connectivity index (χ4v) is 6.03. The van der Waals surface area contributed by atoms with E-state index in [1.807, 2.05) is 0 Å². The van der Waals surface area contributed by atoms with E-state index in [1.54, 1.807) is 13.8 Å². The number of sulfonamides is 1. The van der Waals surface area contributed by atoms with Crippen molar-refractivity contribution in [2.75, 3.05) is 6.61 Å². The lowest BCUT2D eigenvalue weighted by Crippen LogP contribution is -2.48. The lowest BCUT2D eigenvalue weighted by Gasteiger charge is -2.37. The first-order valence-corrected chi connectivity index (χ1v) is 12.9. The number of fused-ring (bicyclic) bond motifs is 1. The van der Waals surface area contributed by atoms with Gasteiger partial charge in [-0.15, -0.1) is 0 Å². The van der Waals surface area contributed by atoms with E-state index in [9.17, 15) is 35.9 Å². The van der Waals surface area contributed by atoms with Gasteiger partial charge in [0, 0.05) is 12.3 Å². The maximum absolute atomic E-state index is 14.8. The number of primary amides is 1. The number of benzene rings is 2. The predicted molar refractivity (Wildman–Crippen MR) is 128 cm³/mol. The van der Waals surface area contributed by atoms with Crippen LogP contribution in [-0.4, -0.2) is 44.3 Å². The number of alkyl halides is 3. The second kappa shape index (κ2) is 10.3. The monoisotopic (exact) mass is 581 g/mol. The molecule has 9 nitrogen and oxygen atoms in total. The maximum atomic E-state index is 14.8. The largest absolute Gasteiger partial charge is 0.492 e. The minimum Gasteiger partial charge on any atom is -0.492 e. The highest BCUT2D eigenvalue weighted by Gasteiger charge is 2.59. The van der Waals surface area contributed by atoms with Crippen LogP contribution >= 0.6 is 11.6 Å². The van der Waals surface area contributed by atoms with Gasteiger partial charge >= 0.3 is 12.3 Å². The summed E-state index contributed by atoms with van der Waals surface area (Å²) in [5, 5.41) is 18.0. The molecule has 38 heavy (non-hydrogen) atoms. The Morgan fingerprint density at radius 2 is 1.92 bits per heavy atom. The second-order valence-corrected chi connectivity index (χ2v) is 10.9. The number of nitrogens with two attached hydrogens (primary N) is 1. The quantitative estimate of drug-likeness (QED) is 0.228. The van der Waals surface area contributed by atoms with Crippen LogP contribution in [0.25, 0.3) is 0 Å². The SMILES string of the molecule is Cc1ccc(F)c(C(C)C(NS(=O)(=O)c2ccc(Cl)c3c2OCCC3(O)C(F)(F)F)C(=N)OC(N)=O)c1C. The molecule has 208 valence electrons. The number of hydrogen-bond acceptors (Lipinski definition) is 7. The predicted octanol–water partition coefficient (Wildman–Crippen LogP) is 4.15. The fraction of sp³-hybridized carbons (Fsp3) is 0.391. The molecule has 0 fully saturated rings. The molecule has 1 heterocycles. The third kappa shape index (κ3) is 5.30. The van der Waals surface area contributed by atoms with E-state index >= 15 is 0 Å². The molecule has 3 unspecified atom stereocenters. The molecule has 0 spiro atoms. The minimum atomic E-state index is -5.22. The van der Waals surface area contributed by atoms with Gasteiger partial charge < -0.3 is 20.3 Å². The van der Waals surface area contributed by atoms with Gasteiger partial charge in [-0.25, -0.2) is 17.6 Å². The third-order valence-corrected chi connectivity index (χ3v) is 8.20. The number of carbonyl (C=O) groups excluding carboxylic acids is 1. The zero-order valence-electron chi connectivity index (χ0n) is 20.2. The summed E-state index contributed by atoms with van der Waals surface area (Å²) in [5.41, 5.74) is 1.56. The Labute approximate surface area is 220 Å². The molecule has 0 saturated heterocycles. The standard InChI is InChI=1S/C23H24ClF4N3O6S/c1-10-4-6-14(25)16(11(10)2)12(3)18(20(29)37-21(30)32)31-38(34,35)15-7-5-13(24)17-19(15)36-9-8-22(17,33)23(26,27)28/h4-7,12,18,29,31,33H,8-9H2,1-3H3,(H2,30,32). The summed E-state index contributed by atoms with van der Waals surface area (Å²) in [4.78, 5) is 10.5. The van der Waals surface area contributed by atoms with Gasteiger partial charge in [0.15, 0.2) is 5.60 Å². The number of rotatable bonds is 6. The van der Waals surface area contributed by atoms with E-state index in [1.165, 1.54) is 13.0 Å². The van der Waals surface area contributed by atoms with Crippen LogP contribution in [0.15, 0.2) is 29.2 Å². The van der Waals surface area contributed by atoms with Crippen LogP contribution < -0.4 is 15.2 Å². The van der Waals surface area contributed by atoms with Crippen LogP contribution in [0.4, 0.5) is 22.4 Å². The van der Waals surface area contributed by atoms with Crippen LogP contribution in [0.2, 0.25) is 5.02 Å². The molecule has 5 N–H and O–H groups in total. The number of aliphatic hydroxyl groups is 1. The molecule has 15 heteroatoms. The molecule has 0 saturated carbocycles. The topological polar surface area (TPSA) is 152 Å². The molecule has 0 bridgehead atoms. The minimum absolute atomic E-state index is 0.00338. The van der Waals surface area contributed by atoms with E-state index in [2.05, 4.69) is 9.46 Å². The average molecular weight is 582 g/mol. The highest BCUT2D eigenvalue weighted by Crippen LogP contribution is 2.52. The smallest absolute Gasteiger partial charge is 0.421 e. The zero-order valence-corrected chi connectivity index (χ0v) is 21.8. The molecule has 2 aromatic rings. The molecule has 2 aromatic carbocycles. The van der Waals surface area contributed by atoms with Crippen molar-refractivity contribution in [1.29, 1.82) is 5.41 Å². The summed E-state index contributed by atoms with van der Waals surface area (Å²) in [6, 6.07) is 2.57. The van der Waals surface area contributed by atoms with E-state index in [-0.39, 0.29) is 5.56 Å². The summed E-state index contributed by atoms with van der Waals surface area (Å²) >= 11 is 5.95. The van der Waals surface area contributed by atoms with Gasteiger partial charge in [-0.2, -0.15) is 17.9 Å². The molecular weight excluding hydrogens is 558 g/mol. The first-order chi connectivity index (χ1) is 17.4. The van der Waals surface area contributed by atoms with Crippen molar-refractivity contribution in [3.8, 4) is 5.75 Å². The summed E-state index contributed by atoms with van der Waals surface area (Å²) in [6.45, 7) is 3.90. The Balaban J connectivity index is 2.16. The van der Waals surface area contributed by atoms with Gasteiger partial charge in [-0.1, -0.05) is 24.6 Å². The van der Waals surface area contributed by atoms with Crippen LogP contribution in [0.5, 0.6) is 5.75 Å². The molecule has 1 amide bonds. The summed E-state index contributed by atoms with van der Waals surface area (Å²) in [5.74, 6) is -3.75. The molecule has 1 aliphatic heterocycles. The molecule has 0 aromatic heterocycles. The van der Waals surface area contributed by atoms with E-state index in [4.69, 9.17) is 27.5 Å². The summed E-state index contributed by atoms with van der Waals surface area (Å²) in [6.07, 6.45) is -7.61. The van der Waals surface area contributed by atoms with Crippen molar-refractivity contribution in [3.63, 3.8) is 0 Å². The molecule has 3 rings (SSSR count). The first kappa shape index (κ1) is 29.6. The van der Waals surface area contributed by atoms with Gasteiger partial charge in [0.05, 0.1) is 17.2 Å². The Morgan fingerprint density at radius 3 is 2.50 bits per heavy atom. The highest BCUT2D eigenvalue weighted by molar-refractivity contribution is 7.89. The molecule has 0 radical (unpaired) electrons. The van der Waals surface area contributed by atoms with Crippen LogP contribution in [0.1, 0.15) is 41.5 Å². The Bertz CT molecular complexity index is 1400. The van der Waals surface area contributed by atoms with Crippen molar-refractivity contribution in [1.82, 2.24) is 4.72 Å². The van der Waals surface area contributed by atoms with Crippen molar-refractivity contribution < 1.29 is 45.4 Å². The molecular formula is C23H24ClF4N3O6S. The number of halogens is 5.